The average Bonchev–Trinajstić information content (AvgIpc) is 2.70. The minimum absolute atomic E-state index is 0.328. The molecule has 8 nitrogen and oxygen atoms in total. The monoisotopic (exact) mass is 376 g/mol. The quantitative estimate of drug-likeness (QED) is 0.655. The lowest BCUT2D eigenvalue weighted by Crippen LogP contribution is -2.32. The predicted octanol–water partition coefficient (Wildman–Crippen LogP) is 2.92. The lowest BCUT2D eigenvalue weighted by molar-refractivity contribution is 0.247. The summed E-state index contributed by atoms with van der Waals surface area (Å²) >= 11 is 0. The molecule has 0 fully saturated rings. The van der Waals surface area contributed by atoms with Crippen LogP contribution in [0.2, 0.25) is 0 Å². The van der Waals surface area contributed by atoms with Gasteiger partial charge in [0.25, 0.3) is 0 Å². The van der Waals surface area contributed by atoms with Crippen molar-refractivity contribution in [2.75, 3.05) is 46.9 Å². The summed E-state index contributed by atoms with van der Waals surface area (Å²) in [5, 5.41) is 5.43. The van der Waals surface area contributed by atoms with Crippen LogP contribution < -0.4 is 34.3 Å². The maximum atomic E-state index is 12.1. The molecule has 2 aromatic rings. The third-order valence-corrected chi connectivity index (χ3v) is 3.64. The van der Waals surface area contributed by atoms with Crippen LogP contribution in [0.4, 0.5) is 10.5 Å². The zero-order valence-electron chi connectivity index (χ0n) is 15.8. The van der Waals surface area contributed by atoms with Gasteiger partial charge in [-0.2, -0.15) is 0 Å². The van der Waals surface area contributed by atoms with E-state index in [1.54, 1.807) is 43.5 Å². The van der Waals surface area contributed by atoms with Crippen molar-refractivity contribution in [3.8, 4) is 28.7 Å². The standard InChI is InChI=1S/C19H24N2O6/c1-23-14-5-7-15(8-6-14)27-10-9-20-19(22)21-13-11-16(24-2)18(26-4)17(12-13)25-3/h5-8,11-12H,9-10H2,1-4H3,(H2,20,21,22). The molecule has 27 heavy (non-hydrogen) atoms. The molecule has 2 amide bonds. The number of methoxy groups -OCH3 is 4. The number of benzene rings is 2. The van der Waals surface area contributed by atoms with Gasteiger partial charge in [-0.15, -0.1) is 0 Å². The van der Waals surface area contributed by atoms with Gasteiger partial charge < -0.3 is 34.3 Å². The Labute approximate surface area is 158 Å². The summed E-state index contributed by atoms with van der Waals surface area (Å²) in [7, 11) is 6.14. The Balaban J connectivity index is 1.84. The number of hydrogen-bond acceptors (Lipinski definition) is 6. The highest BCUT2D eigenvalue weighted by Crippen LogP contribution is 2.39. The van der Waals surface area contributed by atoms with Crippen LogP contribution in [0, 0.1) is 0 Å². The second-order valence-electron chi connectivity index (χ2n) is 5.32. The van der Waals surface area contributed by atoms with Crippen molar-refractivity contribution < 1.29 is 28.5 Å². The van der Waals surface area contributed by atoms with Crippen LogP contribution in [-0.4, -0.2) is 47.6 Å². The molecule has 0 aliphatic rings. The molecule has 0 spiro atoms. The van der Waals surface area contributed by atoms with Gasteiger partial charge in [-0.3, -0.25) is 0 Å². The Morgan fingerprint density at radius 3 is 1.96 bits per heavy atom. The van der Waals surface area contributed by atoms with E-state index in [9.17, 15) is 4.79 Å². The first kappa shape index (κ1) is 20.0. The fourth-order valence-electron chi connectivity index (χ4n) is 2.33. The molecule has 0 bridgehead atoms. The van der Waals surface area contributed by atoms with Gasteiger partial charge in [0.05, 0.1) is 40.7 Å². The van der Waals surface area contributed by atoms with E-state index in [0.717, 1.165) is 5.75 Å². The van der Waals surface area contributed by atoms with Gasteiger partial charge in [-0.1, -0.05) is 0 Å². The van der Waals surface area contributed by atoms with Gasteiger partial charge in [0, 0.05) is 12.1 Å². The molecule has 0 heterocycles. The number of anilines is 1. The summed E-state index contributed by atoms with van der Waals surface area (Å²) in [6, 6.07) is 10.1. The van der Waals surface area contributed by atoms with E-state index in [1.165, 1.54) is 21.3 Å². The molecule has 2 N–H and O–H groups in total. The zero-order chi connectivity index (χ0) is 19.6. The summed E-state index contributed by atoms with van der Waals surface area (Å²) in [6.07, 6.45) is 0. The van der Waals surface area contributed by atoms with Gasteiger partial charge in [-0.05, 0) is 24.3 Å². The van der Waals surface area contributed by atoms with E-state index in [0.29, 0.717) is 41.8 Å². The molecule has 0 saturated heterocycles. The molecular weight excluding hydrogens is 352 g/mol. The fourth-order valence-corrected chi connectivity index (χ4v) is 2.33. The molecule has 0 atom stereocenters. The van der Waals surface area contributed by atoms with Crippen LogP contribution in [0.3, 0.4) is 0 Å². The third-order valence-electron chi connectivity index (χ3n) is 3.64. The lowest BCUT2D eigenvalue weighted by atomic mass is 10.2. The molecule has 0 aliphatic heterocycles. The van der Waals surface area contributed by atoms with Crippen LogP contribution >= 0.6 is 0 Å². The Morgan fingerprint density at radius 1 is 0.852 bits per heavy atom. The first-order valence-electron chi connectivity index (χ1n) is 8.23. The van der Waals surface area contributed by atoms with Crippen LogP contribution in [0.15, 0.2) is 36.4 Å². The fraction of sp³-hybridized carbons (Fsp3) is 0.316. The van der Waals surface area contributed by atoms with Gasteiger partial charge in [-0.25, -0.2) is 4.79 Å². The molecule has 8 heteroatoms. The highest BCUT2D eigenvalue weighted by Gasteiger charge is 2.14. The summed E-state index contributed by atoms with van der Waals surface area (Å²) < 4.78 is 26.4. The van der Waals surface area contributed by atoms with Crippen molar-refractivity contribution in [3.05, 3.63) is 36.4 Å². The summed E-state index contributed by atoms with van der Waals surface area (Å²) in [4.78, 5) is 12.1. The molecule has 0 radical (unpaired) electrons. The maximum Gasteiger partial charge on any atom is 0.319 e. The number of ether oxygens (including phenoxy) is 5. The highest BCUT2D eigenvalue weighted by molar-refractivity contribution is 5.90. The van der Waals surface area contributed by atoms with Crippen molar-refractivity contribution in [3.63, 3.8) is 0 Å². The normalized spacial score (nSPS) is 9.93. The number of hydrogen-bond donors (Lipinski definition) is 2. The van der Waals surface area contributed by atoms with E-state index >= 15 is 0 Å². The SMILES string of the molecule is COc1ccc(OCCNC(=O)Nc2cc(OC)c(OC)c(OC)c2)cc1. The molecule has 146 valence electrons. The summed E-state index contributed by atoms with van der Waals surface area (Å²) in [6.45, 7) is 0.664. The Morgan fingerprint density at radius 2 is 1.44 bits per heavy atom. The largest absolute Gasteiger partial charge is 0.497 e. The molecule has 0 unspecified atom stereocenters. The molecule has 2 aromatic carbocycles. The number of amides is 2. The number of nitrogens with one attached hydrogen (secondary N) is 2. The van der Waals surface area contributed by atoms with Gasteiger partial charge in [0.1, 0.15) is 18.1 Å². The molecular formula is C19H24N2O6. The van der Waals surface area contributed by atoms with Crippen molar-refractivity contribution in [2.45, 2.75) is 0 Å². The van der Waals surface area contributed by atoms with Crippen molar-refractivity contribution in [1.82, 2.24) is 5.32 Å². The van der Waals surface area contributed by atoms with Crippen LogP contribution in [0.5, 0.6) is 28.7 Å². The van der Waals surface area contributed by atoms with E-state index in [2.05, 4.69) is 10.6 Å². The zero-order valence-corrected chi connectivity index (χ0v) is 15.8. The van der Waals surface area contributed by atoms with Crippen molar-refractivity contribution in [2.24, 2.45) is 0 Å². The molecule has 0 aliphatic carbocycles. The van der Waals surface area contributed by atoms with E-state index in [4.69, 9.17) is 23.7 Å². The van der Waals surface area contributed by atoms with Crippen molar-refractivity contribution >= 4 is 11.7 Å². The van der Waals surface area contributed by atoms with E-state index < -0.39 is 0 Å². The van der Waals surface area contributed by atoms with E-state index in [-0.39, 0.29) is 6.03 Å². The molecule has 0 aromatic heterocycles. The first-order valence-corrected chi connectivity index (χ1v) is 8.23. The second kappa shape index (κ2) is 10.0. The predicted molar refractivity (Wildman–Crippen MR) is 102 cm³/mol. The number of rotatable bonds is 9. The summed E-state index contributed by atoms with van der Waals surface area (Å²) in [5.74, 6) is 2.82. The minimum Gasteiger partial charge on any atom is -0.497 e. The van der Waals surface area contributed by atoms with Gasteiger partial charge in [0.2, 0.25) is 5.75 Å². The van der Waals surface area contributed by atoms with Crippen LogP contribution in [0.1, 0.15) is 0 Å². The Bertz CT molecular complexity index is 723. The third kappa shape index (κ3) is 5.60. The molecule has 0 saturated carbocycles. The number of carbonyl (C=O) groups excluding carboxylic acids is 1. The Hall–Kier alpha value is -3.29. The van der Waals surface area contributed by atoms with Crippen LogP contribution in [-0.2, 0) is 0 Å². The first-order chi connectivity index (χ1) is 13.1. The van der Waals surface area contributed by atoms with Crippen molar-refractivity contribution in [1.29, 1.82) is 0 Å². The average molecular weight is 376 g/mol. The van der Waals surface area contributed by atoms with Gasteiger partial charge in [0.15, 0.2) is 11.5 Å². The van der Waals surface area contributed by atoms with E-state index in [1.807, 2.05) is 0 Å². The highest BCUT2D eigenvalue weighted by atomic mass is 16.5. The molecule has 2 rings (SSSR count). The lowest BCUT2D eigenvalue weighted by Gasteiger charge is -2.15. The number of urea groups is 1. The maximum absolute atomic E-state index is 12.1. The summed E-state index contributed by atoms with van der Waals surface area (Å²) in [5.41, 5.74) is 0.512. The minimum atomic E-state index is -0.373. The smallest absolute Gasteiger partial charge is 0.319 e. The van der Waals surface area contributed by atoms with Crippen LogP contribution in [0.25, 0.3) is 0 Å². The number of carbonyl (C=O) groups is 1. The topological polar surface area (TPSA) is 87.3 Å². The second-order valence-corrected chi connectivity index (χ2v) is 5.32. The Kier molecular flexibility index (Phi) is 7.42. The van der Waals surface area contributed by atoms with Gasteiger partial charge >= 0.3 is 6.03 Å².